The molecule has 1 saturated carbocycles. The van der Waals surface area contributed by atoms with E-state index in [1.165, 1.54) is 18.5 Å². The third-order valence-corrected chi connectivity index (χ3v) is 2.12. The lowest BCUT2D eigenvalue weighted by Gasteiger charge is -2.00. The fourth-order valence-electron chi connectivity index (χ4n) is 1.24. The molecule has 2 rings (SSSR count). The summed E-state index contributed by atoms with van der Waals surface area (Å²) in [5.74, 6) is 0. The van der Waals surface area contributed by atoms with Crippen LogP contribution in [0.1, 0.15) is 18.5 Å². The number of aromatic nitrogens is 1. The van der Waals surface area contributed by atoms with Gasteiger partial charge < -0.3 is 5.32 Å². The fraction of sp³-hybridized carbons (Fsp3) is 0.500. The Morgan fingerprint density at radius 2 is 2.33 bits per heavy atom. The van der Waals surface area contributed by atoms with Crippen LogP contribution in [-0.2, 0) is 6.42 Å². The number of rotatable bonds is 4. The van der Waals surface area contributed by atoms with E-state index in [1.54, 1.807) is 0 Å². The smallest absolute Gasteiger partial charge is 0.0416 e. The molecule has 2 nitrogen and oxygen atoms in total. The van der Waals surface area contributed by atoms with Crippen LogP contribution >= 0.6 is 0 Å². The lowest BCUT2D eigenvalue weighted by molar-refractivity contribution is 0.675. The van der Waals surface area contributed by atoms with Crippen LogP contribution in [-0.4, -0.2) is 17.6 Å². The Morgan fingerprint density at radius 3 is 3.00 bits per heavy atom. The molecular formula is C10H14N2. The molecule has 0 aliphatic heterocycles. The molecule has 12 heavy (non-hydrogen) atoms. The number of nitrogens with zero attached hydrogens (tertiary/aromatic N) is 1. The van der Waals surface area contributed by atoms with Crippen LogP contribution in [0.3, 0.4) is 0 Å². The molecule has 1 heterocycles. The lowest BCUT2D eigenvalue weighted by Crippen LogP contribution is -2.19. The van der Waals surface area contributed by atoms with Crippen LogP contribution in [0.15, 0.2) is 24.4 Å². The molecule has 1 N–H and O–H groups in total. The average molecular weight is 162 g/mol. The molecule has 64 valence electrons. The van der Waals surface area contributed by atoms with Crippen LogP contribution < -0.4 is 5.32 Å². The van der Waals surface area contributed by atoms with E-state index in [0.29, 0.717) is 0 Å². The summed E-state index contributed by atoms with van der Waals surface area (Å²) in [7, 11) is 0. The lowest BCUT2D eigenvalue weighted by atomic mass is 10.3. The van der Waals surface area contributed by atoms with Crippen LogP contribution in [0, 0.1) is 0 Å². The first-order chi connectivity index (χ1) is 5.95. The zero-order chi connectivity index (χ0) is 8.23. The van der Waals surface area contributed by atoms with Crippen molar-refractivity contribution >= 4 is 0 Å². The maximum absolute atomic E-state index is 4.26. The van der Waals surface area contributed by atoms with Crippen LogP contribution in [0.5, 0.6) is 0 Å². The van der Waals surface area contributed by atoms with Gasteiger partial charge in [0, 0.05) is 30.9 Å². The van der Waals surface area contributed by atoms with Gasteiger partial charge in [-0.1, -0.05) is 6.07 Å². The normalized spacial score (nSPS) is 16.3. The molecule has 0 amide bonds. The molecule has 0 spiro atoms. The third-order valence-electron chi connectivity index (χ3n) is 2.12. The molecule has 0 aromatic carbocycles. The molecule has 1 fully saturated rings. The zero-order valence-corrected chi connectivity index (χ0v) is 7.16. The topological polar surface area (TPSA) is 24.9 Å². The number of hydrogen-bond acceptors (Lipinski definition) is 2. The molecule has 1 aliphatic carbocycles. The van der Waals surface area contributed by atoms with Gasteiger partial charge in [0.05, 0.1) is 0 Å². The summed E-state index contributed by atoms with van der Waals surface area (Å²) in [5, 5.41) is 3.47. The Labute approximate surface area is 73.0 Å². The quantitative estimate of drug-likeness (QED) is 0.723. The molecule has 2 heteroatoms. The van der Waals surface area contributed by atoms with Crippen molar-refractivity contribution in [2.24, 2.45) is 0 Å². The number of pyridine rings is 1. The number of nitrogens with one attached hydrogen (secondary N) is 1. The van der Waals surface area contributed by atoms with Gasteiger partial charge in [0.1, 0.15) is 0 Å². The Kier molecular flexibility index (Phi) is 2.37. The molecule has 1 aliphatic rings. The molecule has 0 unspecified atom stereocenters. The van der Waals surface area contributed by atoms with Gasteiger partial charge in [-0.25, -0.2) is 0 Å². The van der Waals surface area contributed by atoms with E-state index in [0.717, 1.165) is 19.0 Å². The van der Waals surface area contributed by atoms with E-state index < -0.39 is 0 Å². The third kappa shape index (κ3) is 2.31. The maximum atomic E-state index is 4.26. The molecule has 1 aromatic heterocycles. The molecule has 0 bridgehead atoms. The van der Waals surface area contributed by atoms with E-state index in [9.17, 15) is 0 Å². The summed E-state index contributed by atoms with van der Waals surface area (Å²) in [6, 6.07) is 6.89. The highest BCUT2D eigenvalue weighted by Gasteiger charge is 2.19. The molecular weight excluding hydrogens is 148 g/mol. The van der Waals surface area contributed by atoms with Gasteiger partial charge in [0.2, 0.25) is 0 Å². The minimum absolute atomic E-state index is 0.814. The Hall–Kier alpha value is -0.890. The van der Waals surface area contributed by atoms with E-state index in [-0.39, 0.29) is 0 Å². The van der Waals surface area contributed by atoms with Crippen molar-refractivity contribution in [1.29, 1.82) is 0 Å². The standard InChI is InChI=1S/C10H14N2/c1-2-7-11-9(3-1)6-8-12-10-4-5-10/h1-3,7,10,12H,4-6,8H2. The molecule has 0 atom stereocenters. The molecule has 0 radical (unpaired) electrons. The highest BCUT2D eigenvalue weighted by molar-refractivity contribution is 5.03. The van der Waals surface area contributed by atoms with E-state index in [4.69, 9.17) is 0 Å². The van der Waals surface area contributed by atoms with Crippen LogP contribution in [0.4, 0.5) is 0 Å². The van der Waals surface area contributed by atoms with Crippen molar-refractivity contribution in [3.8, 4) is 0 Å². The van der Waals surface area contributed by atoms with E-state index in [2.05, 4.69) is 16.4 Å². The first-order valence-corrected chi connectivity index (χ1v) is 4.58. The van der Waals surface area contributed by atoms with Gasteiger partial charge in [-0.3, -0.25) is 4.98 Å². The monoisotopic (exact) mass is 162 g/mol. The van der Waals surface area contributed by atoms with Gasteiger partial charge in [0.15, 0.2) is 0 Å². The summed E-state index contributed by atoms with van der Waals surface area (Å²) >= 11 is 0. The van der Waals surface area contributed by atoms with Crippen molar-refractivity contribution in [1.82, 2.24) is 10.3 Å². The van der Waals surface area contributed by atoms with Gasteiger partial charge >= 0.3 is 0 Å². The Morgan fingerprint density at radius 1 is 1.42 bits per heavy atom. The predicted molar refractivity (Wildman–Crippen MR) is 49.0 cm³/mol. The van der Waals surface area contributed by atoms with Crippen molar-refractivity contribution in [3.05, 3.63) is 30.1 Å². The van der Waals surface area contributed by atoms with Crippen LogP contribution in [0.25, 0.3) is 0 Å². The highest BCUT2D eigenvalue weighted by Crippen LogP contribution is 2.18. The summed E-state index contributed by atoms with van der Waals surface area (Å²) < 4.78 is 0. The molecule has 0 saturated heterocycles. The zero-order valence-electron chi connectivity index (χ0n) is 7.16. The predicted octanol–water partition coefficient (Wildman–Crippen LogP) is 1.38. The summed E-state index contributed by atoms with van der Waals surface area (Å²) in [6.45, 7) is 1.07. The average Bonchev–Trinajstić information content (AvgIpc) is 2.90. The summed E-state index contributed by atoms with van der Waals surface area (Å²) in [5.41, 5.74) is 1.19. The molecule has 1 aromatic rings. The SMILES string of the molecule is c1ccc(CCNC2CC2)nc1. The van der Waals surface area contributed by atoms with Crippen molar-refractivity contribution in [3.63, 3.8) is 0 Å². The van der Waals surface area contributed by atoms with Gasteiger partial charge in [-0.15, -0.1) is 0 Å². The first-order valence-electron chi connectivity index (χ1n) is 4.58. The Balaban J connectivity index is 1.72. The van der Waals surface area contributed by atoms with Crippen molar-refractivity contribution in [2.75, 3.05) is 6.54 Å². The van der Waals surface area contributed by atoms with E-state index in [1.807, 2.05) is 18.3 Å². The fourth-order valence-corrected chi connectivity index (χ4v) is 1.24. The van der Waals surface area contributed by atoms with Gasteiger partial charge in [-0.2, -0.15) is 0 Å². The maximum Gasteiger partial charge on any atom is 0.0416 e. The van der Waals surface area contributed by atoms with Crippen molar-refractivity contribution < 1.29 is 0 Å². The van der Waals surface area contributed by atoms with E-state index >= 15 is 0 Å². The largest absolute Gasteiger partial charge is 0.314 e. The summed E-state index contributed by atoms with van der Waals surface area (Å²) in [6.07, 6.45) is 5.63. The first kappa shape index (κ1) is 7.74. The second-order valence-corrected chi connectivity index (χ2v) is 3.30. The minimum Gasteiger partial charge on any atom is -0.314 e. The highest BCUT2D eigenvalue weighted by atomic mass is 14.9. The Bertz CT molecular complexity index is 229. The van der Waals surface area contributed by atoms with Gasteiger partial charge in [-0.05, 0) is 25.0 Å². The summed E-state index contributed by atoms with van der Waals surface area (Å²) in [4.78, 5) is 4.26. The second-order valence-electron chi connectivity index (χ2n) is 3.30. The number of hydrogen-bond donors (Lipinski definition) is 1. The van der Waals surface area contributed by atoms with Crippen molar-refractivity contribution in [2.45, 2.75) is 25.3 Å². The second kappa shape index (κ2) is 3.68. The van der Waals surface area contributed by atoms with Gasteiger partial charge in [0.25, 0.3) is 0 Å². The minimum atomic E-state index is 0.814. The van der Waals surface area contributed by atoms with Crippen LogP contribution in [0.2, 0.25) is 0 Å².